The average Bonchev–Trinajstić information content (AvgIpc) is 1.68. The summed E-state index contributed by atoms with van der Waals surface area (Å²) in [4.78, 5) is 0.331. The van der Waals surface area contributed by atoms with Gasteiger partial charge < -0.3 is 9.47 Å². The molecule has 0 bridgehead atoms. The number of alkyl halides is 1. The van der Waals surface area contributed by atoms with Crippen molar-refractivity contribution in [3.63, 3.8) is 0 Å². The number of halogens is 1. The molecule has 0 rings (SSSR count). The van der Waals surface area contributed by atoms with Crippen LogP contribution in [-0.2, 0) is 9.47 Å². The van der Waals surface area contributed by atoms with Crippen LogP contribution in [-0.4, -0.2) is 32.3 Å². The van der Waals surface area contributed by atoms with Gasteiger partial charge in [0.15, 0.2) is 0 Å². The molecule has 2 nitrogen and oxygen atoms in total. The summed E-state index contributed by atoms with van der Waals surface area (Å²) in [5.41, 5.74) is 0. The molecular weight excluding hydrogens is 172 g/mol. The second kappa shape index (κ2) is 5.54. The largest absolute Gasteiger partial charge is 0.383 e. The van der Waals surface area contributed by atoms with Crippen molar-refractivity contribution in [2.45, 2.75) is 4.83 Å². The Hall–Kier alpha value is 0.400. The van der Waals surface area contributed by atoms with Crippen LogP contribution in [0.5, 0.6) is 0 Å². The molecule has 0 saturated carbocycles. The van der Waals surface area contributed by atoms with Crippen molar-refractivity contribution in [2.24, 2.45) is 0 Å². The zero-order chi connectivity index (χ0) is 6.41. The highest BCUT2D eigenvalue weighted by Gasteiger charge is 1.99. The van der Waals surface area contributed by atoms with Gasteiger partial charge in [-0.15, -0.1) is 0 Å². The molecule has 0 amide bonds. The molecule has 0 saturated heterocycles. The molecule has 0 aliphatic heterocycles. The first kappa shape index (κ1) is 8.40. The van der Waals surface area contributed by atoms with E-state index in [9.17, 15) is 0 Å². The standard InChI is InChI=1S/C5H11BrO2/c1-7-3-5(6)4-8-2/h5H,3-4H2,1-2H3. The molecule has 0 aromatic carbocycles. The third kappa shape index (κ3) is 4.56. The highest BCUT2D eigenvalue weighted by molar-refractivity contribution is 9.09. The zero-order valence-corrected chi connectivity index (χ0v) is 6.77. The van der Waals surface area contributed by atoms with E-state index in [0.717, 1.165) is 0 Å². The maximum atomic E-state index is 4.83. The van der Waals surface area contributed by atoms with E-state index in [4.69, 9.17) is 9.47 Å². The summed E-state index contributed by atoms with van der Waals surface area (Å²) < 4.78 is 9.66. The summed E-state index contributed by atoms with van der Waals surface area (Å²) in [5.74, 6) is 0. The summed E-state index contributed by atoms with van der Waals surface area (Å²) in [6.45, 7) is 1.40. The molecule has 0 aromatic rings. The Bertz CT molecular complexity index is 43.7. The van der Waals surface area contributed by atoms with E-state index in [1.807, 2.05) is 0 Å². The quantitative estimate of drug-likeness (QED) is 0.606. The molecule has 8 heavy (non-hydrogen) atoms. The van der Waals surface area contributed by atoms with Crippen LogP contribution in [0.15, 0.2) is 0 Å². The first-order chi connectivity index (χ1) is 3.81. The van der Waals surface area contributed by atoms with E-state index in [2.05, 4.69) is 15.9 Å². The monoisotopic (exact) mass is 182 g/mol. The van der Waals surface area contributed by atoms with Crippen molar-refractivity contribution >= 4 is 15.9 Å². The molecule has 3 heteroatoms. The lowest BCUT2D eigenvalue weighted by atomic mass is 10.5. The summed E-state index contributed by atoms with van der Waals surface area (Å²) >= 11 is 3.35. The molecule has 0 unspecified atom stereocenters. The number of methoxy groups -OCH3 is 2. The number of rotatable bonds is 4. The van der Waals surface area contributed by atoms with Gasteiger partial charge in [0.05, 0.1) is 18.0 Å². The van der Waals surface area contributed by atoms with E-state index in [1.165, 1.54) is 0 Å². The second-order valence-electron chi connectivity index (χ2n) is 1.51. The van der Waals surface area contributed by atoms with Crippen molar-refractivity contribution in [2.75, 3.05) is 27.4 Å². The number of hydrogen-bond donors (Lipinski definition) is 0. The Kier molecular flexibility index (Phi) is 5.81. The van der Waals surface area contributed by atoms with Gasteiger partial charge >= 0.3 is 0 Å². The third-order valence-electron chi connectivity index (χ3n) is 0.695. The van der Waals surface area contributed by atoms with Crippen molar-refractivity contribution in [3.05, 3.63) is 0 Å². The number of ether oxygens (including phenoxy) is 2. The molecule has 0 heterocycles. The van der Waals surface area contributed by atoms with E-state index in [-0.39, 0.29) is 0 Å². The average molecular weight is 183 g/mol. The fraction of sp³-hybridized carbons (Fsp3) is 1.00. The molecule has 0 aliphatic carbocycles. The normalized spacial score (nSPS) is 10.5. The second-order valence-corrected chi connectivity index (χ2v) is 2.80. The van der Waals surface area contributed by atoms with Gasteiger partial charge in [-0.25, -0.2) is 0 Å². The predicted octanol–water partition coefficient (Wildman–Crippen LogP) is 1.04. The highest BCUT2D eigenvalue weighted by atomic mass is 79.9. The molecule has 0 radical (unpaired) electrons. The van der Waals surface area contributed by atoms with Crippen molar-refractivity contribution in [1.29, 1.82) is 0 Å². The van der Waals surface area contributed by atoms with Crippen LogP contribution in [0.2, 0.25) is 0 Å². The van der Waals surface area contributed by atoms with E-state index in [0.29, 0.717) is 18.0 Å². The van der Waals surface area contributed by atoms with Crippen molar-refractivity contribution in [1.82, 2.24) is 0 Å². The van der Waals surface area contributed by atoms with Gasteiger partial charge in [-0.05, 0) is 0 Å². The smallest absolute Gasteiger partial charge is 0.0613 e. The van der Waals surface area contributed by atoms with Crippen molar-refractivity contribution in [3.8, 4) is 0 Å². The highest BCUT2D eigenvalue weighted by Crippen LogP contribution is 1.98. The first-order valence-electron chi connectivity index (χ1n) is 2.43. The Morgan fingerprint density at radius 1 is 1.25 bits per heavy atom. The van der Waals surface area contributed by atoms with Gasteiger partial charge in [0.2, 0.25) is 0 Å². The first-order valence-corrected chi connectivity index (χ1v) is 3.34. The minimum atomic E-state index is 0.331. The Balaban J connectivity index is 2.92. The summed E-state index contributed by atoms with van der Waals surface area (Å²) in [5, 5.41) is 0. The van der Waals surface area contributed by atoms with E-state index < -0.39 is 0 Å². The molecule has 50 valence electrons. The van der Waals surface area contributed by atoms with Crippen LogP contribution < -0.4 is 0 Å². The molecular formula is C5H11BrO2. The maximum Gasteiger partial charge on any atom is 0.0613 e. The molecule has 0 atom stereocenters. The van der Waals surface area contributed by atoms with Crippen LogP contribution >= 0.6 is 15.9 Å². The lowest BCUT2D eigenvalue weighted by Crippen LogP contribution is -2.12. The summed E-state index contributed by atoms with van der Waals surface area (Å²) in [6, 6.07) is 0. The fourth-order valence-electron chi connectivity index (χ4n) is 0.410. The van der Waals surface area contributed by atoms with Crippen LogP contribution in [0.1, 0.15) is 0 Å². The lowest BCUT2D eigenvalue weighted by molar-refractivity contribution is 0.146. The number of hydrogen-bond acceptors (Lipinski definition) is 2. The fourth-order valence-corrected chi connectivity index (χ4v) is 0.938. The molecule has 0 fully saturated rings. The molecule has 0 aliphatic rings. The van der Waals surface area contributed by atoms with E-state index in [1.54, 1.807) is 14.2 Å². The van der Waals surface area contributed by atoms with Crippen molar-refractivity contribution < 1.29 is 9.47 Å². The Morgan fingerprint density at radius 2 is 1.62 bits per heavy atom. The summed E-state index contributed by atoms with van der Waals surface area (Å²) in [7, 11) is 3.34. The predicted molar refractivity (Wildman–Crippen MR) is 36.5 cm³/mol. The van der Waals surface area contributed by atoms with Gasteiger partial charge in [0.25, 0.3) is 0 Å². The van der Waals surface area contributed by atoms with Gasteiger partial charge in [-0.2, -0.15) is 0 Å². The van der Waals surface area contributed by atoms with Gasteiger partial charge in [-0.1, -0.05) is 15.9 Å². The van der Waals surface area contributed by atoms with E-state index >= 15 is 0 Å². The Labute approximate surface area is 58.3 Å². The van der Waals surface area contributed by atoms with Gasteiger partial charge in [0, 0.05) is 14.2 Å². The lowest BCUT2D eigenvalue weighted by Gasteiger charge is -2.04. The Morgan fingerprint density at radius 3 is 1.88 bits per heavy atom. The minimum Gasteiger partial charge on any atom is -0.383 e. The SMILES string of the molecule is COCC(Br)COC. The molecule has 0 aromatic heterocycles. The van der Waals surface area contributed by atoms with Crippen LogP contribution in [0, 0.1) is 0 Å². The molecule has 0 spiro atoms. The van der Waals surface area contributed by atoms with Crippen LogP contribution in [0.4, 0.5) is 0 Å². The maximum absolute atomic E-state index is 4.83. The van der Waals surface area contributed by atoms with Gasteiger partial charge in [0.1, 0.15) is 0 Å². The van der Waals surface area contributed by atoms with Crippen LogP contribution in [0.3, 0.4) is 0 Å². The van der Waals surface area contributed by atoms with Crippen LogP contribution in [0.25, 0.3) is 0 Å². The summed E-state index contributed by atoms with van der Waals surface area (Å²) in [6.07, 6.45) is 0. The van der Waals surface area contributed by atoms with Gasteiger partial charge in [-0.3, -0.25) is 0 Å². The third-order valence-corrected chi connectivity index (χ3v) is 1.22. The molecule has 0 N–H and O–H groups in total. The topological polar surface area (TPSA) is 18.5 Å². The minimum absolute atomic E-state index is 0.331. The zero-order valence-electron chi connectivity index (χ0n) is 5.19.